The zero-order valence-electron chi connectivity index (χ0n) is 19.5. The van der Waals surface area contributed by atoms with E-state index in [4.69, 9.17) is 23.2 Å². The zero-order valence-corrected chi connectivity index (χ0v) is 21.8. The molecule has 5 nitrogen and oxygen atoms in total. The first-order chi connectivity index (χ1) is 16.9. The van der Waals surface area contributed by atoms with Crippen molar-refractivity contribution in [3.05, 3.63) is 91.6 Å². The van der Waals surface area contributed by atoms with Crippen LogP contribution >= 0.6 is 34.5 Å². The molecule has 2 atom stereocenters. The van der Waals surface area contributed by atoms with Crippen LogP contribution in [0.15, 0.2) is 60.0 Å². The van der Waals surface area contributed by atoms with Crippen LogP contribution in [0.2, 0.25) is 10.0 Å². The minimum absolute atomic E-state index is 0.0856. The molecule has 2 amide bonds. The Morgan fingerprint density at radius 2 is 1.83 bits per heavy atom. The van der Waals surface area contributed by atoms with Crippen LogP contribution in [0.3, 0.4) is 0 Å². The van der Waals surface area contributed by atoms with Gasteiger partial charge in [-0.1, -0.05) is 53.5 Å². The molecule has 0 unspecified atom stereocenters. The van der Waals surface area contributed by atoms with E-state index in [1.54, 1.807) is 34.4 Å². The van der Waals surface area contributed by atoms with Crippen molar-refractivity contribution in [1.29, 1.82) is 0 Å². The van der Waals surface area contributed by atoms with Gasteiger partial charge in [0.2, 0.25) is 5.91 Å². The van der Waals surface area contributed by atoms with Crippen molar-refractivity contribution in [3.8, 4) is 0 Å². The Kier molecular flexibility index (Phi) is 7.17. The summed E-state index contributed by atoms with van der Waals surface area (Å²) < 4.78 is 0. The predicted molar refractivity (Wildman–Crippen MR) is 141 cm³/mol. The zero-order chi connectivity index (χ0) is 24.5. The smallest absolute Gasteiger partial charge is 0.255 e. The standard InChI is InChI=1S/C27H27Cl2N3O2S/c1-18-16-30(12-13-32(18)27(34)21-8-7-20(28)15-23(21)29)25(33)17-31-11-9-24-22(10-14-35-24)26(31)19-5-3-2-4-6-19/h2-8,10,14-15,18,26H,9,11-13,16-17H2,1H3/t18-,26-/m0/s1. The van der Waals surface area contributed by atoms with E-state index in [2.05, 4.69) is 40.6 Å². The minimum Gasteiger partial charge on any atom is -0.338 e. The van der Waals surface area contributed by atoms with Crippen molar-refractivity contribution in [3.63, 3.8) is 0 Å². The lowest BCUT2D eigenvalue weighted by atomic mass is 9.93. The predicted octanol–water partition coefficient (Wildman–Crippen LogP) is 5.38. The summed E-state index contributed by atoms with van der Waals surface area (Å²) in [6, 6.07) is 17.5. The first-order valence-corrected chi connectivity index (χ1v) is 13.4. The Morgan fingerprint density at radius 1 is 1.03 bits per heavy atom. The maximum Gasteiger partial charge on any atom is 0.255 e. The number of nitrogens with zero attached hydrogens (tertiary/aromatic N) is 3. The first-order valence-electron chi connectivity index (χ1n) is 11.8. The molecule has 1 fully saturated rings. The number of halogens is 2. The lowest BCUT2D eigenvalue weighted by molar-refractivity contribution is -0.135. The van der Waals surface area contributed by atoms with Crippen LogP contribution in [-0.4, -0.2) is 65.3 Å². The van der Waals surface area contributed by atoms with Gasteiger partial charge >= 0.3 is 0 Å². The molecular formula is C27H27Cl2N3O2S. The Labute approximate surface area is 219 Å². The van der Waals surface area contributed by atoms with Crippen molar-refractivity contribution in [2.24, 2.45) is 0 Å². The second kappa shape index (κ2) is 10.3. The average Bonchev–Trinajstić information content (AvgIpc) is 3.33. The fourth-order valence-corrected chi connectivity index (χ4v) is 6.53. The number of carbonyl (C=O) groups excluding carboxylic acids is 2. The molecule has 0 spiro atoms. The molecule has 0 aliphatic carbocycles. The quantitative estimate of drug-likeness (QED) is 0.457. The summed E-state index contributed by atoms with van der Waals surface area (Å²) in [5.74, 6) is -0.0236. The largest absolute Gasteiger partial charge is 0.338 e. The second-order valence-electron chi connectivity index (χ2n) is 9.14. The van der Waals surface area contributed by atoms with Gasteiger partial charge in [-0.25, -0.2) is 0 Å². The van der Waals surface area contributed by atoms with Gasteiger partial charge in [-0.2, -0.15) is 0 Å². The van der Waals surface area contributed by atoms with Gasteiger partial charge in [0, 0.05) is 42.1 Å². The van der Waals surface area contributed by atoms with Crippen LogP contribution in [0.4, 0.5) is 0 Å². The number of fused-ring (bicyclic) bond motifs is 1. The van der Waals surface area contributed by atoms with E-state index < -0.39 is 0 Å². The summed E-state index contributed by atoms with van der Waals surface area (Å²) in [7, 11) is 0. The highest BCUT2D eigenvalue weighted by molar-refractivity contribution is 7.10. The van der Waals surface area contributed by atoms with Gasteiger partial charge in [-0.05, 0) is 54.1 Å². The van der Waals surface area contributed by atoms with Gasteiger partial charge in [-0.15, -0.1) is 11.3 Å². The Balaban J connectivity index is 1.27. The minimum atomic E-state index is -0.128. The normalized spacial score (nSPS) is 20.5. The van der Waals surface area contributed by atoms with Crippen LogP contribution < -0.4 is 0 Å². The number of amides is 2. The molecule has 0 N–H and O–H groups in total. The summed E-state index contributed by atoms with van der Waals surface area (Å²) >= 11 is 14.1. The highest BCUT2D eigenvalue weighted by Gasteiger charge is 2.35. The number of hydrogen-bond acceptors (Lipinski definition) is 4. The van der Waals surface area contributed by atoms with Crippen LogP contribution in [-0.2, 0) is 11.2 Å². The molecule has 182 valence electrons. The van der Waals surface area contributed by atoms with Crippen molar-refractivity contribution < 1.29 is 9.59 Å². The fourth-order valence-electron chi connectivity index (χ4n) is 5.14. The first kappa shape index (κ1) is 24.3. The van der Waals surface area contributed by atoms with E-state index in [0.717, 1.165) is 13.0 Å². The molecule has 3 aromatic rings. The van der Waals surface area contributed by atoms with Crippen molar-refractivity contribution in [2.45, 2.75) is 25.4 Å². The molecule has 0 saturated carbocycles. The number of piperazine rings is 1. The maximum atomic E-state index is 13.4. The van der Waals surface area contributed by atoms with Crippen LogP contribution in [0, 0.1) is 0 Å². The van der Waals surface area contributed by atoms with E-state index >= 15 is 0 Å². The maximum absolute atomic E-state index is 13.4. The molecular weight excluding hydrogens is 501 g/mol. The Morgan fingerprint density at radius 3 is 2.57 bits per heavy atom. The van der Waals surface area contributed by atoms with Gasteiger partial charge < -0.3 is 9.80 Å². The van der Waals surface area contributed by atoms with Gasteiger partial charge in [0.25, 0.3) is 5.91 Å². The van der Waals surface area contributed by atoms with Crippen molar-refractivity contribution >= 4 is 46.4 Å². The van der Waals surface area contributed by atoms with E-state index in [1.807, 2.05) is 17.9 Å². The molecule has 35 heavy (non-hydrogen) atoms. The summed E-state index contributed by atoms with van der Waals surface area (Å²) in [5.41, 5.74) is 2.96. The summed E-state index contributed by atoms with van der Waals surface area (Å²) in [6.07, 6.45) is 0.962. The second-order valence-corrected chi connectivity index (χ2v) is 11.0. The molecule has 2 aliphatic heterocycles. The third-order valence-corrected chi connectivity index (χ3v) is 8.47. The number of hydrogen-bond donors (Lipinski definition) is 0. The highest BCUT2D eigenvalue weighted by atomic mass is 35.5. The van der Waals surface area contributed by atoms with Crippen LogP contribution in [0.5, 0.6) is 0 Å². The van der Waals surface area contributed by atoms with Gasteiger partial charge in [0.1, 0.15) is 0 Å². The third kappa shape index (κ3) is 4.98. The molecule has 2 aromatic carbocycles. The van der Waals surface area contributed by atoms with Gasteiger partial charge in [-0.3, -0.25) is 14.5 Å². The van der Waals surface area contributed by atoms with Crippen molar-refractivity contribution in [1.82, 2.24) is 14.7 Å². The lowest BCUT2D eigenvalue weighted by Crippen LogP contribution is -2.57. The van der Waals surface area contributed by atoms with Gasteiger partial charge in [0.05, 0.1) is 23.2 Å². The lowest BCUT2D eigenvalue weighted by Gasteiger charge is -2.42. The highest BCUT2D eigenvalue weighted by Crippen LogP contribution is 2.37. The topological polar surface area (TPSA) is 43.9 Å². The SMILES string of the molecule is C[C@H]1CN(C(=O)CN2CCc3sccc3[C@@H]2c2ccccc2)CCN1C(=O)c1ccc(Cl)cc1Cl. The molecule has 2 aliphatic rings. The molecule has 0 radical (unpaired) electrons. The summed E-state index contributed by atoms with van der Waals surface area (Å²) in [6.45, 7) is 4.67. The molecule has 0 bridgehead atoms. The van der Waals surface area contributed by atoms with Gasteiger partial charge in [0.15, 0.2) is 0 Å². The monoisotopic (exact) mass is 527 g/mol. The average molecular weight is 529 g/mol. The Hall–Kier alpha value is -2.38. The summed E-state index contributed by atoms with van der Waals surface area (Å²) in [5, 5.41) is 2.99. The number of benzene rings is 2. The van der Waals surface area contributed by atoms with E-state index in [0.29, 0.717) is 41.8 Å². The summed E-state index contributed by atoms with van der Waals surface area (Å²) in [4.78, 5) is 33.9. The number of thiophene rings is 1. The van der Waals surface area contributed by atoms with E-state index in [9.17, 15) is 9.59 Å². The third-order valence-electron chi connectivity index (χ3n) is 6.92. The molecule has 3 heterocycles. The van der Waals surface area contributed by atoms with Crippen LogP contribution in [0.1, 0.15) is 39.3 Å². The molecule has 8 heteroatoms. The fraction of sp³-hybridized carbons (Fsp3) is 0.333. The molecule has 5 rings (SSSR count). The van der Waals surface area contributed by atoms with Crippen LogP contribution in [0.25, 0.3) is 0 Å². The van der Waals surface area contributed by atoms with E-state index in [1.165, 1.54) is 16.0 Å². The molecule has 1 saturated heterocycles. The number of carbonyl (C=O) groups is 2. The van der Waals surface area contributed by atoms with Crippen molar-refractivity contribution in [2.75, 3.05) is 32.7 Å². The molecule has 1 aromatic heterocycles. The number of rotatable bonds is 4. The Bertz CT molecular complexity index is 1230. The van der Waals surface area contributed by atoms with E-state index in [-0.39, 0.29) is 23.9 Å².